The van der Waals surface area contributed by atoms with Crippen LogP contribution in [0.25, 0.3) is 11.1 Å². The Bertz CT molecular complexity index is 942. The lowest BCUT2D eigenvalue weighted by Crippen LogP contribution is -2.42. The Hall–Kier alpha value is -2.25. The maximum atomic E-state index is 14.7. The van der Waals surface area contributed by atoms with Crippen molar-refractivity contribution < 1.29 is 13.5 Å². The molecule has 1 aromatic carbocycles. The van der Waals surface area contributed by atoms with E-state index in [2.05, 4.69) is 34.8 Å². The molecule has 7 heteroatoms. The summed E-state index contributed by atoms with van der Waals surface area (Å²) < 4.78 is 34.5. The lowest BCUT2D eigenvalue weighted by Gasteiger charge is -2.31. The molecule has 0 unspecified atom stereocenters. The fraction of sp³-hybridized carbons (Fsp3) is 0.577. The zero-order valence-corrected chi connectivity index (χ0v) is 19.9. The van der Waals surface area contributed by atoms with Crippen LogP contribution in [-0.4, -0.2) is 43.4 Å². The topological polar surface area (TPSA) is 58.2 Å². The number of halogens is 2. The number of nitrogens with zero attached hydrogens (tertiary/aromatic N) is 1. The first kappa shape index (κ1) is 23.9. The van der Waals surface area contributed by atoms with Crippen LogP contribution in [0.1, 0.15) is 52.4 Å². The van der Waals surface area contributed by atoms with Crippen molar-refractivity contribution in [1.29, 1.82) is 0 Å². The molecule has 2 aliphatic carbocycles. The number of ether oxygens (including phenoxy) is 1. The molecular weight excluding hydrogens is 422 g/mol. The van der Waals surface area contributed by atoms with Crippen molar-refractivity contribution in [2.75, 3.05) is 30.9 Å². The lowest BCUT2D eigenvalue weighted by molar-refractivity contribution is 0.161. The third-order valence-electron chi connectivity index (χ3n) is 6.95. The first-order valence-corrected chi connectivity index (χ1v) is 12.1. The highest BCUT2D eigenvalue weighted by Gasteiger charge is 2.36. The van der Waals surface area contributed by atoms with E-state index in [1.54, 1.807) is 25.3 Å². The summed E-state index contributed by atoms with van der Waals surface area (Å²) in [7, 11) is 1.72. The second-order valence-electron chi connectivity index (χ2n) is 10.1. The van der Waals surface area contributed by atoms with Gasteiger partial charge < -0.3 is 20.7 Å². The summed E-state index contributed by atoms with van der Waals surface area (Å²) in [5, 5.41) is 10.4. The molecular formula is C26H36F2N4O. The summed E-state index contributed by atoms with van der Waals surface area (Å²) in [6.07, 6.45) is 7.69. The number of aromatic nitrogens is 1. The van der Waals surface area contributed by atoms with Gasteiger partial charge in [0.25, 0.3) is 0 Å². The van der Waals surface area contributed by atoms with Gasteiger partial charge in [0.15, 0.2) is 0 Å². The van der Waals surface area contributed by atoms with Crippen molar-refractivity contribution in [1.82, 2.24) is 10.3 Å². The summed E-state index contributed by atoms with van der Waals surface area (Å²) in [5.41, 5.74) is 1.61. The molecule has 5 nitrogen and oxygen atoms in total. The SMILES string of the molecule is COC[C@@H](C)N[C@H]1CC[C@H](Nc2cc(-c3cc(NCC4(C)CC4)ccc3F)c(F)cn2)CC1. The van der Waals surface area contributed by atoms with Gasteiger partial charge in [-0.05, 0) is 75.1 Å². The average molecular weight is 459 g/mol. The van der Waals surface area contributed by atoms with Crippen LogP contribution in [0.4, 0.5) is 20.3 Å². The van der Waals surface area contributed by atoms with Crippen molar-refractivity contribution in [3.8, 4) is 11.1 Å². The van der Waals surface area contributed by atoms with Crippen molar-refractivity contribution in [3.05, 3.63) is 42.1 Å². The number of anilines is 2. The Kier molecular flexibility index (Phi) is 7.49. The number of methoxy groups -OCH3 is 1. The van der Waals surface area contributed by atoms with Gasteiger partial charge in [-0.1, -0.05) is 6.92 Å². The average Bonchev–Trinajstić information content (AvgIpc) is 3.53. The summed E-state index contributed by atoms with van der Waals surface area (Å²) in [6, 6.07) is 7.52. The van der Waals surface area contributed by atoms with Crippen LogP contribution in [0.2, 0.25) is 0 Å². The third kappa shape index (κ3) is 6.42. The van der Waals surface area contributed by atoms with Crippen molar-refractivity contribution in [2.45, 2.75) is 70.5 Å². The highest BCUT2D eigenvalue weighted by Crippen LogP contribution is 2.45. The van der Waals surface area contributed by atoms with E-state index in [-0.39, 0.29) is 17.2 Å². The van der Waals surface area contributed by atoms with Crippen molar-refractivity contribution >= 4 is 11.5 Å². The Balaban J connectivity index is 1.40. The van der Waals surface area contributed by atoms with Gasteiger partial charge in [-0.3, -0.25) is 0 Å². The standard InChI is InChI=1S/C26H36F2N4O/c1-17(15-33-3)31-18-4-6-19(7-5-18)32-25-13-22(24(28)14-29-25)21-12-20(8-9-23(21)27)30-16-26(2)10-11-26/h8-9,12-14,17-19,30-31H,4-7,10-11,15-16H2,1-3H3,(H,29,32)/t17-,18-,19-/m1/s1. The predicted molar refractivity (Wildman–Crippen MR) is 130 cm³/mol. The molecule has 1 aromatic heterocycles. The van der Waals surface area contributed by atoms with Gasteiger partial charge in [-0.2, -0.15) is 0 Å². The smallest absolute Gasteiger partial charge is 0.149 e. The van der Waals surface area contributed by atoms with Crippen LogP contribution in [0, 0.1) is 17.0 Å². The molecule has 0 saturated heterocycles. The molecule has 4 rings (SSSR count). The minimum absolute atomic E-state index is 0.232. The summed E-state index contributed by atoms with van der Waals surface area (Å²) >= 11 is 0. The van der Waals surface area contributed by atoms with E-state index in [9.17, 15) is 8.78 Å². The van der Waals surface area contributed by atoms with Gasteiger partial charge >= 0.3 is 0 Å². The van der Waals surface area contributed by atoms with E-state index in [4.69, 9.17) is 4.74 Å². The number of nitrogens with one attached hydrogen (secondary N) is 3. The molecule has 0 amide bonds. The van der Waals surface area contributed by atoms with E-state index in [1.165, 1.54) is 25.1 Å². The molecule has 2 saturated carbocycles. The maximum Gasteiger partial charge on any atom is 0.149 e. The Morgan fingerprint density at radius 1 is 1.06 bits per heavy atom. The zero-order chi connectivity index (χ0) is 23.4. The molecule has 180 valence electrons. The van der Waals surface area contributed by atoms with Crippen LogP contribution in [0.5, 0.6) is 0 Å². The summed E-state index contributed by atoms with van der Waals surface area (Å²) in [6.45, 7) is 5.90. The molecule has 1 atom stereocenters. The van der Waals surface area contributed by atoms with Crippen LogP contribution < -0.4 is 16.0 Å². The van der Waals surface area contributed by atoms with Gasteiger partial charge in [-0.15, -0.1) is 0 Å². The molecule has 2 aliphatic rings. The van der Waals surface area contributed by atoms with E-state index >= 15 is 0 Å². The second kappa shape index (κ2) is 10.3. The summed E-state index contributed by atoms with van der Waals surface area (Å²) in [4.78, 5) is 4.22. The normalized spacial score (nSPS) is 22.6. The van der Waals surface area contributed by atoms with E-state index in [0.29, 0.717) is 29.9 Å². The van der Waals surface area contributed by atoms with Gasteiger partial charge in [0.05, 0.1) is 12.8 Å². The van der Waals surface area contributed by atoms with Crippen LogP contribution in [-0.2, 0) is 4.74 Å². The largest absolute Gasteiger partial charge is 0.384 e. The molecule has 1 heterocycles. The van der Waals surface area contributed by atoms with Gasteiger partial charge in [0.1, 0.15) is 17.5 Å². The molecule has 0 aliphatic heterocycles. The number of rotatable bonds is 10. The highest BCUT2D eigenvalue weighted by molar-refractivity contribution is 5.71. The van der Waals surface area contributed by atoms with Crippen molar-refractivity contribution in [2.24, 2.45) is 5.41 Å². The first-order valence-electron chi connectivity index (χ1n) is 12.1. The van der Waals surface area contributed by atoms with Crippen LogP contribution in [0.3, 0.4) is 0 Å². The third-order valence-corrected chi connectivity index (χ3v) is 6.95. The molecule has 3 N–H and O–H groups in total. The fourth-order valence-electron chi connectivity index (χ4n) is 4.59. The highest BCUT2D eigenvalue weighted by atomic mass is 19.1. The quantitative estimate of drug-likeness (QED) is 0.434. The van der Waals surface area contributed by atoms with Gasteiger partial charge in [0, 0.05) is 48.6 Å². The van der Waals surface area contributed by atoms with E-state index in [0.717, 1.165) is 37.9 Å². The minimum atomic E-state index is -0.522. The summed E-state index contributed by atoms with van der Waals surface area (Å²) in [5.74, 6) is -0.379. The monoisotopic (exact) mass is 458 g/mol. The molecule has 2 fully saturated rings. The Morgan fingerprint density at radius 2 is 1.76 bits per heavy atom. The number of benzene rings is 1. The maximum absolute atomic E-state index is 14.7. The van der Waals surface area contributed by atoms with Crippen LogP contribution in [0.15, 0.2) is 30.5 Å². The van der Waals surface area contributed by atoms with Crippen LogP contribution >= 0.6 is 0 Å². The Labute approximate surface area is 195 Å². The lowest BCUT2D eigenvalue weighted by atomic mass is 9.90. The number of pyridine rings is 1. The zero-order valence-electron chi connectivity index (χ0n) is 19.9. The number of hydrogen-bond donors (Lipinski definition) is 3. The van der Waals surface area contributed by atoms with Crippen molar-refractivity contribution in [3.63, 3.8) is 0 Å². The number of hydrogen-bond acceptors (Lipinski definition) is 5. The molecule has 2 aromatic rings. The molecule has 0 spiro atoms. The van der Waals surface area contributed by atoms with E-state index in [1.807, 2.05) is 0 Å². The second-order valence-corrected chi connectivity index (χ2v) is 10.1. The minimum Gasteiger partial charge on any atom is -0.384 e. The van der Waals surface area contributed by atoms with E-state index < -0.39 is 11.6 Å². The van der Waals surface area contributed by atoms with Gasteiger partial charge in [0.2, 0.25) is 0 Å². The molecule has 0 radical (unpaired) electrons. The van der Waals surface area contributed by atoms with Gasteiger partial charge in [-0.25, -0.2) is 13.8 Å². The molecule has 0 bridgehead atoms. The first-order chi connectivity index (χ1) is 15.8. The predicted octanol–water partition coefficient (Wildman–Crippen LogP) is 5.59. The molecule has 33 heavy (non-hydrogen) atoms. The fourth-order valence-corrected chi connectivity index (χ4v) is 4.59. The Morgan fingerprint density at radius 3 is 2.45 bits per heavy atom.